The maximum absolute atomic E-state index is 6.31. The molecule has 0 fully saturated rings. The van der Waals surface area contributed by atoms with Gasteiger partial charge in [-0.15, -0.1) is 0 Å². The Morgan fingerprint density at radius 3 is 2.09 bits per heavy atom. The van der Waals surface area contributed by atoms with Crippen molar-refractivity contribution < 1.29 is 4.42 Å². The molecule has 9 aromatic rings. The zero-order chi connectivity index (χ0) is 36.0. The summed E-state index contributed by atoms with van der Waals surface area (Å²) in [5.74, 6) is 1.98. The van der Waals surface area contributed by atoms with Crippen molar-refractivity contribution in [3.63, 3.8) is 0 Å². The molecule has 1 atom stereocenters. The molecule has 11 rings (SSSR count). The summed E-state index contributed by atoms with van der Waals surface area (Å²) in [6, 6.07) is 47.5. The molecule has 2 aromatic heterocycles. The van der Waals surface area contributed by atoms with Gasteiger partial charge < -0.3 is 4.42 Å². The third-order valence-electron chi connectivity index (χ3n) is 11.5. The number of aromatic nitrogens is 3. The highest BCUT2D eigenvalue weighted by molar-refractivity contribution is 6.11. The van der Waals surface area contributed by atoms with Gasteiger partial charge in [0.15, 0.2) is 17.5 Å². The van der Waals surface area contributed by atoms with Gasteiger partial charge in [-0.05, 0) is 91.8 Å². The molecule has 3 heterocycles. The Balaban J connectivity index is 1.12. The number of rotatable bonds is 4. The molecule has 54 heavy (non-hydrogen) atoms. The fourth-order valence-corrected chi connectivity index (χ4v) is 8.71. The second-order valence-electron chi connectivity index (χ2n) is 15.0. The van der Waals surface area contributed by atoms with Crippen LogP contribution < -0.4 is 0 Å². The summed E-state index contributed by atoms with van der Waals surface area (Å²) in [6.45, 7) is 5.36. The van der Waals surface area contributed by atoms with Crippen molar-refractivity contribution in [1.29, 1.82) is 0 Å². The van der Waals surface area contributed by atoms with E-state index in [0.717, 1.165) is 44.2 Å². The molecule has 0 bridgehead atoms. The lowest BCUT2D eigenvalue weighted by molar-refractivity contribution is 0.661. The van der Waals surface area contributed by atoms with Crippen LogP contribution in [0.3, 0.4) is 0 Å². The van der Waals surface area contributed by atoms with Gasteiger partial charge in [0.2, 0.25) is 0 Å². The van der Waals surface area contributed by atoms with Gasteiger partial charge in [-0.3, -0.25) is 4.99 Å². The number of nitrogens with zero attached hydrogens (tertiary/aromatic N) is 4. The minimum Gasteiger partial charge on any atom is -0.456 e. The molecule has 256 valence electrons. The molecular weight excluding hydrogens is 661 g/mol. The van der Waals surface area contributed by atoms with E-state index >= 15 is 0 Å². The summed E-state index contributed by atoms with van der Waals surface area (Å²) >= 11 is 0. The summed E-state index contributed by atoms with van der Waals surface area (Å²) < 4.78 is 6.31. The van der Waals surface area contributed by atoms with E-state index in [-0.39, 0.29) is 11.3 Å². The molecule has 5 heteroatoms. The highest BCUT2D eigenvalue weighted by Crippen LogP contribution is 2.50. The molecule has 0 N–H and O–H groups in total. The van der Waals surface area contributed by atoms with E-state index in [4.69, 9.17) is 19.4 Å². The lowest BCUT2D eigenvalue weighted by Crippen LogP contribution is -2.14. The van der Waals surface area contributed by atoms with Crippen LogP contribution in [0.4, 0.5) is 0 Å². The van der Waals surface area contributed by atoms with Crippen LogP contribution in [0.1, 0.15) is 36.5 Å². The minimum atomic E-state index is -0.0922. The fourth-order valence-electron chi connectivity index (χ4n) is 8.71. The molecule has 0 amide bonds. The number of furan rings is 1. The molecule has 0 spiro atoms. The Kier molecular flexibility index (Phi) is 6.65. The van der Waals surface area contributed by atoms with Crippen molar-refractivity contribution in [2.24, 2.45) is 4.99 Å². The van der Waals surface area contributed by atoms with Gasteiger partial charge in [0.1, 0.15) is 11.2 Å². The number of aliphatic imine (C=N–C) groups is 1. The zero-order valence-electron chi connectivity index (χ0n) is 29.9. The quantitative estimate of drug-likeness (QED) is 0.172. The lowest BCUT2D eigenvalue weighted by Gasteiger charge is -2.22. The molecule has 0 radical (unpaired) electrons. The average molecular weight is 695 g/mol. The van der Waals surface area contributed by atoms with E-state index in [1.54, 1.807) is 0 Å². The molecule has 1 aliphatic carbocycles. The van der Waals surface area contributed by atoms with E-state index in [0.29, 0.717) is 24.0 Å². The first-order valence-corrected chi connectivity index (χ1v) is 18.5. The summed E-state index contributed by atoms with van der Waals surface area (Å²) in [7, 11) is 0. The Hall–Kier alpha value is -6.72. The van der Waals surface area contributed by atoms with Gasteiger partial charge in [0.25, 0.3) is 0 Å². The SMILES string of the molecule is CC1(C)c2ccccc2-c2cc3ccc4ccc(-c5nc(-c6ccc7c(c6)oc6ccccc67)nc(-c6ccccc6C6C=CC=NC6)n5)cc4c3cc21. The van der Waals surface area contributed by atoms with Gasteiger partial charge in [0.05, 0.1) is 0 Å². The topological polar surface area (TPSA) is 64.2 Å². The highest BCUT2D eigenvalue weighted by Gasteiger charge is 2.35. The minimum absolute atomic E-state index is 0.0922. The van der Waals surface area contributed by atoms with Crippen molar-refractivity contribution >= 4 is 49.7 Å². The van der Waals surface area contributed by atoms with Gasteiger partial charge in [-0.1, -0.05) is 117 Å². The zero-order valence-corrected chi connectivity index (χ0v) is 29.9. The summed E-state index contributed by atoms with van der Waals surface area (Å²) in [5.41, 5.74) is 10.9. The molecule has 0 saturated carbocycles. The van der Waals surface area contributed by atoms with Crippen molar-refractivity contribution in [2.75, 3.05) is 6.54 Å². The van der Waals surface area contributed by atoms with Crippen LogP contribution in [0.25, 0.3) is 88.8 Å². The Morgan fingerprint density at radius 1 is 0.537 bits per heavy atom. The molecule has 0 saturated heterocycles. The number of hydrogen-bond acceptors (Lipinski definition) is 5. The second-order valence-corrected chi connectivity index (χ2v) is 15.0. The number of allylic oxidation sites excluding steroid dienone is 1. The number of dihydropyridines is 1. The molecule has 7 aromatic carbocycles. The van der Waals surface area contributed by atoms with Gasteiger partial charge in [0, 0.05) is 51.6 Å². The van der Waals surface area contributed by atoms with Crippen LogP contribution >= 0.6 is 0 Å². The van der Waals surface area contributed by atoms with E-state index in [2.05, 4.69) is 140 Å². The number of hydrogen-bond donors (Lipinski definition) is 0. The number of fused-ring (bicyclic) bond motifs is 9. The first kappa shape index (κ1) is 30.9. The predicted molar refractivity (Wildman–Crippen MR) is 221 cm³/mol. The molecular formula is C49H34N4O. The van der Waals surface area contributed by atoms with Crippen LogP contribution in [0.15, 0.2) is 155 Å². The van der Waals surface area contributed by atoms with Gasteiger partial charge in [-0.2, -0.15) is 0 Å². The van der Waals surface area contributed by atoms with Crippen LogP contribution in [-0.4, -0.2) is 27.7 Å². The fraction of sp³-hybridized carbons (Fsp3) is 0.102. The Bertz CT molecular complexity index is 3080. The van der Waals surface area contributed by atoms with Crippen molar-refractivity contribution in [3.05, 3.63) is 162 Å². The van der Waals surface area contributed by atoms with E-state index in [9.17, 15) is 0 Å². The molecule has 5 nitrogen and oxygen atoms in total. The van der Waals surface area contributed by atoms with E-state index < -0.39 is 0 Å². The number of benzene rings is 7. The molecule has 1 aliphatic heterocycles. The lowest BCUT2D eigenvalue weighted by atomic mass is 9.81. The third kappa shape index (κ3) is 4.71. The average Bonchev–Trinajstić information content (AvgIpc) is 3.71. The molecule has 1 unspecified atom stereocenters. The highest BCUT2D eigenvalue weighted by atomic mass is 16.3. The predicted octanol–water partition coefficient (Wildman–Crippen LogP) is 12.1. The van der Waals surface area contributed by atoms with Gasteiger partial charge in [-0.25, -0.2) is 15.0 Å². The van der Waals surface area contributed by atoms with Crippen LogP contribution in [0.5, 0.6) is 0 Å². The standard InChI is InChI=1S/C49H34N4O/c1-49(2)42-15-7-5-12-35(42)41-24-30-19-17-29-18-20-31(25-39(29)40(30)27-43(41)49)46-51-47(32-21-22-37-36-13-6-8-16-44(36)54-45(37)26-32)53-48(52-46)38-14-4-3-11-34(38)33-10-9-23-50-28-33/h3-27,33H,28H2,1-2H3. The third-order valence-corrected chi connectivity index (χ3v) is 11.5. The van der Waals surface area contributed by atoms with Crippen molar-refractivity contribution in [3.8, 4) is 45.3 Å². The van der Waals surface area contributed by atoms with E-state index in [1.807, 2.05) is 30.5 Å². The van der Waals surface area contributed by atoms with Crippen LogP contribution in [0.2, 0.25) is 0 Å². The number of para-hydroxylation sites is 1. The first-order chi connectivity index (χ1) is 26.5. The Labute approximate surface area is 312 Å². The monoisotopic (exact) mass is 694 g/mol. The van der Waals surface area contributed by atoms with Gasteiger partial charge >= 0.3 is 0 Å². The van der Waals surface area contributed by atoms with Crippen LogP contribution in [-0.2, 0) is 5.41 Å². The maximum Gasteiger partial charge on any atom is 0.164 e. The van der Waals surface area contributed by atoms with Crippen molar-refractivity contribution in [1.82, 2.24) is 15.0 Å². The smallest absolute Gasteiger partial charge is 0.164 e. The summed E-state index contributed by atoms with van der Waals surface area (Å²) in [4.78, 5) is 20.2. The normalized spacial score (nSPS) is 15.7. The van der Waals surface area contributed by atoms with E-state index in [1.165, 1.54) is 43.8 Å². The largest absolute Gasteiger partial charge is 0.456 e. The Morgan fingerprint density at radius 2 is 1.22 bits per heavy atom. The van der Waals surface area contributed by atoms with Crippen molar-refractivity contribution in [2.45, 2.75) is 25.2 Å². The maximum atomic E-state index is 6.31. The first-order valence-electron chi connectivity index (χ1n) is 18.5. The van der Waals surface area contributed by atoms with Crippen LogP contribution in [0, 0.1) is 0 Å². The second kappa shape index (κ2) is 11.6. The molecule has 2 aliphatic rings. The summed E-state index contributed by atoms with van der Waals surface area (Å²) in [6.07, 6.45) is 6.09. The summed E-state index contributed by atoms with van der Waals surface area (Å²) in [5, 5.41) is 6.97.